The molecule has 0 heterocycles. The van der Waals surface area contributed by atoms with Crippen LogP contribution < -0.4 is 0 Å². The van der Waals surface area contributed by atoms with Crippen LogP contribution in [0.5, 0.6) is 0 Å². The van der Waals surface area contributed by atoms with Crippen molar-refractivity contribution in [1.82, 2.24) is 0 Å². The molecule has 0 atom stereocenters. The smallest absolute Gasteiger partial charge is 0.226 e. The molecule has 0 bridgehead atoms. The number of fused-ring (bicyclic) bond motifs is 1. The highest BCUT2D eigenvalue weighted by Crippen LogP contribution is 2.31. The molecule has 4 aromatic rings. The predicted octanol–water partition coefficient (Wildman–Crippen LogP) is 6.71. The van der Waals surface area contributed by atoms with Gasteiger partial charge < -0.3 is 0 Å². The quantitative estimate of drug-likeness (QED) is 0.296. The van der Waals surface area contributed by atoms with Crippen molar-refractivity contribution in [2.24, 2.45) is 0 Å². The molecule has 130 valence electrons. The van der Waals surface area contributed by atoms with Crippen molar-refractivity contribution in [3.05, 3.63) is 125 Å². The van der Waals surface area contributed by atoms with Gasteiger partial charge in [0.2, 0.25) is 0 Å². The zero-order chi connectivity index (χ0) is 19.3. The first-order chi connectivity index (χ1) is 13.8. The van der Waals surface area contributed by atoms with E-state index in [1.165, 1.54) is 0 Å². The van der Waals surface area contributed by atoms with Crippen molar-refractivity contribution in [3.8, 4) is 17.2 Å². The summed E-state index contributed by atoms with van der Waals surface area (Å²) in [5.41, 5.74) is 4.74. The first kappa shape index (κ1) is 17.3. The summed E-state index contributed by atoms with van der Waals surface area (Å²) >= 11 is 0. The van der Waals surface area contributed by atoms with E-state index in [0.29, 0.717) is 5.57 Å². The lowest BCUT2D eigenvalue weighted by molar-refractivity contribution is 1.47. The minimum atomic E-state index is 0.0998. The van der Waals surface area contributed by atoms with Crippen molar-refractivity contribution in [3.63, 3.8) is 0 Å². The van der Waals surface area contributed by atoms with Gasteiger partial charge in [0.1, 0.15) is 0 Å². The summed E-state index contributed by atoms with van der Waals surface area (Å²) in [6.07, 6.45) is 0. The van der Waals surface area contributed by atoms with Crippen molar-refractivity contribution in [1.29, 1.82) is 5.26 Å². The first-order valence-electron chi connectivity index (χ1n) is 8.97. The normalized spacial score (nSPS) is 11.4. The summed E-state index contributed by atoms with van der Waals surface area (Å²) in [7, 11) is 0. The highest BCUT2D eigenvalue weighted by molar-refractivity contribution is 5.92. The Morgan fingerprint density at radius 1 is 0.679 bits per heavy atom. The van der Waals surface area contributed by atoms with Gasteiger partial charge in [-0.25, -0.2) is 10.1 Å². The topological polar surface area (TPSA) is 28.1 Å². The van der Waals surface area contributed by atoms with Gasteiger partial charge >= 0.3 is 0 Å². The molecule has 0 saturated carbocycles. The zero-order valence-electron chi connectivity index (χ0n) is 15.1. The molecule has 2 heteroatoms. The Balaban J connectivity index is 1.85. The molecule has 0 N–H and O–H groups in total. The number of rotatable bonds is 3. The number of nitrogens with zero attached hydrogens (tertiary/aromatic N) is 2. The number of hydrogen-bond acceptors (Lipinski definition) is 1. The molecule has 0 fully saturated rings. The average Bonchev–Trinajstić information content (AvgIpc) is 2.78. The Hall–Kier alpha value is -4.14. The fourth-order valence-electron chi connectivity index (χ4n) is 3.38. The first-order valence-corrected chi connectivity index (χ1v) is 8.97. The SMILES string of the molecule is [C-]#[N+]/C(C#N)=C(/c1ccc(-c2ccccc2)cc1)c1ccc2ccccc2c1. The molecule has 0 amide bonds. The molecular formula is C26H16N2. The molecule has 0 unspecified atom stereocenters. The van der Waals surface area contributed by atoms with Crippen LogP contribution in [0.25, 0.3) is 32.3 Å². The van der Waals surface area contributed by atoms with Crippen molar-refractivity contribution < 1.29 is 0 Å². The van der Waals surface area contributed by atoms with Crippen LogP contribution in [-0.4, -0.2) is 0 Å². The second-order valence-corrected chi connectivity index (χ2v) is 6.45. The van der Waals surface area contributed by atoms with Crippen LogP contribution in [-0.2, 0) is 0 Å². The number of nitriles is 1. The van der Waals surface area contributed by atoms with E-state index in [0.717, 1.165) is 33.0 Å². The predicted molar refractivity (Wildman–Crippen MR) is 114 cm³/mol. The standard InChI is InChI=1S/C26H16N2/c1-28-25(18-27)26(24-16-13-20-9-5-6-10-23(20)17-24)22-14-11-21(12-15-22)19-7-3-2-4-8-19/h2-17H/b26-25-. The van der Waals surface area contributed by atoms with Crippen molar-refractivity contribution in [2.45, 2.75) is 0 Å². The lowest BCUT2D eigenvalue weighted by Crippen LogP contribution is -1.92. The third kappa shape index (κ3) is 3.28. The summed E-state index contributed by atoms with van der Waals surface area (Å²) < 4.78 is 0. The molecule has 4 aromatic carbocycles. The molecule has 0 radical (unpaired) electrons. The highest BCUT2D eigenvalue weighted by Gasteiger charge is 2.13. The zero-order valence-corrected chi connectivity index (χ0v) is 15.1. The molecule has 0 aliphatic rings. The Bertz CT molecular complexity index is 1240. The molecule has 0 aromatic heterocycles. The van der Waals surface area contributed by atoms with E-state index < -0.39 is 0 Å². The Morgan fingerprint density at radius 3 is 1.96 bits per heavy atom. The fraction of sp³-hybridized carbons (Fsp3) is 0. The van der Waals surface area contributed by atoms with Gasteiger partial charge in [-0.05, 0) is 39.1 Å². The van der Waals surface area contributed by atoms with E-state index >= 15 is 0 Å². The Labute approximate surface area is 164 Å². The number of hydrogen-bond donors (Lipinski definition) is 0. The van der Waals surface area contributed by atoms with Crippen LogP contribution in [0.1, 0.15) is 11.1 Å². The Kier molecular flexibility index (Phi) is 4.70. The number of allylic oxidation sites excluding steroid dienone is 1. The second-order valence-electron chi connectivity index (χ2n) is 6.45. The minimum absolute atomic E-state index is 0.0998. The third-order valence-electron chi connectivity index (χ3n) is 4.77. The van der Waals surface area contributed by atoms with Gasteiger partial charge in [-0.3, -0.25) is 0 Å². The summed E-state index contributed by atoms with van der Waals surface area (Å²) in [4.78, 5) is 3.49. The van der Waals surface area contributed by atoms with Crippen LogP contribution in [0, 0.1) is 17.9 Å². The fourth-order valence-corrected chi connectivity index (χ4v) is 3.38. The van der Waals surface area contributed by atoms with Crippen LogP contribution in [0.15, 0.2) is 103 Å². The monoisotopic (exact) mass is 356 g/mol. The maximum atomic E-state index is 9.54. The molecule has 4 rings (SSSR count). The molecule has 2 nitrogen and oxygen atoms in total. The summed E-state index contributed by atoms with van der Waals surface area (Å²) in [6.45, 7) is 7.47. The van der Waals surface area contributed by atoms with E-state index in [1.54, 1.807) is 0 Å². The maximum absolute atomic E-state index is 9.54. The van der Waals surface area contributed by atoms with Crippen LogP contribution in [0.2, 0.25) is 0 Å². The molecule has 0 aliphatic heterocycles. The van der Waals surface area contributed by atoms with Gasteiger partial charge in [0.15, 0.2) is 0 Å². The van der Waals surface area contributed by atoms with Gasteiger partial charge in [0, 0.05) is 5.57 Å². The molecule has 0 spiro atoms. The summed E-state index contributed by atoms with van der Waals surface area (Å²) in [5, 5.41) is 11.8. The highest BCUT2D eigenvalue weighted by atomic mass is 14.7. The van der Waals surface area contributed by atoms with Gasteiger partial charge in [-0.15, -0.1) is 0 Å². The summed E-state index contributed by atoms with van der Waals surface area (Å²) in [5.74, 6) is 0. The minimum Gasteiger partial charge on any atom is -0.226 e. The molecular weight excluding hydrogens is 340 g/mol. The lowest BCUT2D eigenvalue weighted by Gasteiger charge is -2.11. The van der Waals surface area contributed by atoms with Crippen LogP contribution in [0.4, 0.5) is 0 Å². The van der Waals surface area contributed by atoms with E-state index in [1.807, 2.05) is 78.9 Å². The number of benzene rings is 4. The van der Waals surface area contributed by atoms with Gasteiger partial charge in [-0.1, -0.05) is 91.0 Å². The average molecular weight is 356 g/mol. The molecule has 0 saturated heterocycles. The van der Waals surface area contributed by atoms with Crippen molar-refractivity contribution >= 4 is 16.3 Å². The lowest BCUT2D eigenvalue weighted by atomic mass is 9.93. The summed E-state index contributed by atoms with van der Waals surface area (Å²) in [6, 6.07) is 34.4. The van der Waals surface area contributed by atoms with E-state index in [2.05, 4.69) is 29.1 Å². The molecule has 0 aliphatic carbocycles. The third-order valence-corrected chi connectivity index (χ3v) is 4.77. The maximum Gasteiger partial charge on any atom is 0.270 e. The largest absolute Gasteiger partial charge is 0.270 e. The van der Waals surface area contributed by atoms with Gasteiger partial charge in [0.25, 0.3) is 5.70 Å². The second kappa shape index (κ2) is 7.62. The molecule has 28 heavy (non-hydrogen) atoms. The van der Waals surface area contributed by atoms with E-state index in [9.17, 15) is 5.26 Å². The van der Waals surface area contributed by atoms with Gasteiger partial charge in [-0.2, -0.15) is 0 Å². The van der Waals surface area contributed by atoms with Crippen LogP contribution >= 0.6 is 0 Å². The van der Waals surface area contributed by atoms with Crippen LogP contribution in [0.3, 0.4) is 0 Å². The van der Waals surface area contributed by atoms with Crippen molar-refractivity contribution in [2.75, 3.05) is 0 Å². The van der Waals surface area contributed by atoms with E-state index in [4.69, 9.17) is 6.57 Å². The van der Waals surface area contributed by atoms with Gasteiger partial charge in [0.05, 0.1) is 12.6 Å². The Morgan fingerprint density at radius 2 is 1.29 bits per heavy atom. The van der Waals surface area contributed by atoms with E-state index in [-0.39, 0.29) is 5.70 Å².